The lowest BCUT2D eigenvalue weighted by Gasteiger charge is -2.23. The largest absolute Gasteiger partial charge is 0.308 e. The molecule has 0 saturated carbocycles. The normalized spacial score (nSPS) is 17.0. The van der Waals surface area contributed by atoms with Gasteiger partial charge in [-0.15, -0.1) is 11.3 Å². The van der Waals surface area contributed by atoms with Crippen LogP contribution in [0.2, 0.25) is 5.02 Å². The first-order valence-electron chi connectivity index (χ1n) is 9.40. The van der Waals surface area contributed by atoms with Crippen LogP contribution in [0.1, 0.15) is 46.9 Å². The number of aryl methyl sites for hydroxylation is 1. The highest BCUT2D eigenvalue weighted by atomic mass is 35.5. The van der Waals surface area contributed by atoms with E-state index in [1.807, 2.05) is 19.1 Å². The summed E-state index contributed by atoms with van der Waals surface area (Å²) in [7, 11) is -3.12. The Morgan fingerprint density at radius 1 is 1.33 bits per heavy atom. The van der Waals surface area contributed by atoms with E-state index in [1.54, 1.807) is 11.3 Å². The molecule has 8 heteroatoms. The lowest BCUT2D eigenvalue weighted by molar-refractivity contribution is 0.495. The molecule has 1 aromatic carbocycles. The van der Waals surface area contributed by atoms with Gasteiger partial charge in [0.05, 0.1) is 22.5 Å². The van der Waals surface area contributed by atoms with Crippen LogP contribution < -0.4 is 10.0 Å². The van der Waals surface area contributed by atoms with E-state index in [2.05, 4.69) is 22.2 Å². The topological polar surface area (TPSA) is 71.1 Å². The summed E-state index contributed by atoms with van der Waals surface area (Å²) in [4.78, 5) is 6.22. The van der Waals surface area contributed by atoms with Gasteiger partial charge in [-0.25, -0.2) is 18.1 Å². The van der Waals surface area contributed by atoms with Gasteiger partial charge in [-0.2, -0.15) is 0 Å². The number of sulfonamides is 1. The summed E-state index contributed by atoms with van der Waals surface area (Å²) >= 11 is 7.75. The van der Waals surface area contributed by atoms with E-state index < -0.39 is 10.0 Å². The van der Waals surface area contributed by atoms with Crippen molar-refractivity contribution >= 4 is 33.0 Å². The molecule has 0 fully saturated rings. The second kappa shape index (κ2) is 9.47. The first-order chi connectivity index (χ1) is 13.0. The average molecular weight is 428 g/mol. The van der Waals surface area contributed by atoms with E-state index in [-0.39, 0.29) is 11.8 Å². The maximum atomic E-state index is 11.7. The monoisotopic (exact) mass is 427 g/mol. The number of hydrogen-bond acceptors (Lipinski definition) is 5. The van der Waals surface area contributed by atoms with Gasteiger partial charge in [-0.1, -0.05) is 30.7 Å². The Morgan fingerprint density at radius 3 is 2.85 bits per heavy atom. The van der Waals surface area contributed by atoms with Crippen LogP contribution in [-0.4, -0.2) is 32.2 Å². The second-order valence-corrected chi connectivity index (χ2v) is 10.4. The predicted molar refractivity (Wildman–Crippen MR) is 112 cm³/mol. The van der Waals surface area contributed by atoms with Crippen LogP contribution in [0.4, 0.5) is 0 Å². The van der Waals surface area contributed by atoms with Gasteiger partial charge in [0, 0.05) is 29.4 Å². The van der Waals surface area contributed by atoms with Crippen LogP contribution in [0, 0.1) is 0 Å². The molecule has 1 unspecified atom stereocenters. The SMILES string of the molecule is CCCS(=O)(=O)NCCCc1nc2c(s1)CCNC2Cc1ccc(Cl)cc1. The molecule has 2 N–H and O–H groups in total. The first kappa shape index (κ1) is 20.7. The molecule has 0 amide bonds. The Kier molecular flexibility index (Phi) is 7.28. The number of nitrogens with one attached hydrogen (secondary N) is 2. The van der Waals surface area contributed by atoms with Crippen molar-refractivity contribution in [2.45, 2.75) is 45.1 Å². The minimum atomic E-state index is -3.12. The molecule has 148 valence electrons. The molecular weight excluding hydrogens is 402 g/mol. The van der Waals surface area contributed by atoms with Gasteiger partial charge in [0.2, 0.25) is 10.0 Å². The van der Waals surface area contributed by atoms with Crippen molar-refractivity contribution in [3.63, 3.8) is 0 Å². The summed E-state index contributed by atoms with van der Waals surface area (Å²) in [5.74, 6) is 0.191. The molecular formula is C19H26ClN3O2S2. The van der Waals surface area contributed by atoms with Gasteiger partial charge in [0.15, 0.2) is 0 Å². The molecule has 2 aromatic rings. The Labute approximate surface area is 170 Å². The van der Waals surface area contributed by atoms with Crippen LogP contribution >= 0.6 is 22.9 Å². The van der Waals surface area contributed by atoms with Crippen molar-refractivity contribution < 1.29 is 8.42 Å². The molecule has 0 aliphatic carbocycles. The van der Waals surface area contributed by atoms with Crippen molar-refractivity contribution in [2.75, 3.05) is 18.8 Å². The lowest BCUT2D eigenvalue weighted by atomic mass is 9.99. The number of fused-ring (bicyclic) bond motifs is 1. The van der Waals surface area contributed by atoms with E-state index in [0.29, 0.717) is 13.0 Å². The van der Waals surface area contributed by atoms with Crippen LogP contribution in [0.15, 0.2) is 24.3 Å². The van der Waals surface area contributed by atoms with Gasteiger partial charge < -0.3 is 5.32 Å². The summed E-state index contributed by atoms with van der Waals surface area (Å²) in [6, 6.07) is 8.20. The smallest absolute Gasteiger partial charge is 0.211 e. The van der Waals surface area contributed by atoms with E-state index in [1.165, 1.54) is 10.4 Å². The molecule has 27 heavy (non-hydrogen) atoms. The summed E-state index contributed by atoms with van der Waals surface area (Å²) in [5.41, 5.74) is 2.40. The fourth-order valence-corrected chi connectivity index (χ4v) is 5.70. The molecule has 1 aliphatic rings. The Morgan fingerprint density at radius 2 is 2.11 bits per heavy atom. The molecule has 1 aliphatic heterocycles. The number of hydrogen-bond donors (Lipinski definition) is 2. The summed E-state index contributed by atoms with van der Waals surface area (Å²) in [6.07, 6.45) is 4.11. The van der Waals surface area contributed by atoms with Crippen LogP contribution in [0.3, 0.4) is 0 Å². The number of halogens is 1. The quantitative estimate of drug-likeness (QED) is 0.601. The highest BCUT2D eigenvalue weighted by Gasteiger charge is 2.24. The maximum absolute atomic E-state index is 11.7. The average Bonchev–Trinajstić information content (AvgIpc) is 3.05. The third-order valence-corrected chi connectivity index (χ3v) is 7.59. The van der Waals surface area contributed by atoms with Gasteiger partial charge in [0.25, 0.3) is 0 Å². The highest BCUT2D eigenvalue weighted by molar-refractivity contribution is 7.89. The summed E-state index contributed by atoms with van der Waals surface area (Å²) < 4.78 is 26.1. The minimum absolute atomic E-state index is 0.191. The Hall–Kier alpha value is -0.990. The zero-order valence-corrected chi connectivity index (χ0v) is 17.9. The van der Waals surface area contributed by atoms with Gasteiger partial charge >= 0.3 is 0 Å². The number of thiazole rings is 1. The van der Waals surface area contributed by atoms with Crippen molar-refractivity contribution in [2.24, 2.45) is 0 Å². The van der Waals surface area contributed by atoms with Gasteiger partial charge in [-0.3, -0.25) is 0 Å². The number of aromatic nitrogens is 1. The zero-order chi connectivity index (χ0) is 19.3. The highest BCUT2D eigenvalue weighted by Crippen LogP contribution is 2.30. The first-order valence-corrected chi connectivity index (χ1v) is 12.2. The molecule has 1 atom stereocenters. The summed E-state index contributed by atoms with van der Waals surface area (Å²) in [5, 5.41) is 5.42. The van der Waals surface area contributed by atoms with Crippen LogP contribution in [0.5, 0.6) is 0 Å². The van der Waals surface area contributed by atoms with E-state index in [9.17, 15) is 8.42 Å². The molecule has 0 spiro atoms. The zero-order valence-electron chi connectivity index (χ0n) is 15.5. The molecule has 2 heterocycles. The molecule has 5 nitrogen and oxygen atoms in total. The van der Waals surface area contributed by atoms with Crippen molar-refractivity contribution in [1.29, 1.82) is 0 Å². The molecule has 0 saturated heterocycles. The minimum Gasteiger partial charge on any atom is -0.308 e. The van der Waals surface area contributed by atoms with Gasteiger partial charge in [0.1, 0.15) is 0 Å². The van der Waals surface area contributed by atoms with E-state index in [4.69, 9.17) is 16.6 Å². The molecule has 3 rings (SSSR count). The van der Waals surface area contributed by atoms with Gasteiger partial charge in [-0.05, 0) is 43.4 Å². The molecule has 1 aromatic heterocycles. The predicted octanol–water partition coefficient (Wildman–Crippen LogP) is 3.49. The van der Waals surface area contributed by atoms with E-state index >= 15 is 0 Å². The Bertz CT molecular complexity index is 850. The van der Waals surface area contributed by atoms with E-state index in [0.717, 1.165) is 48.0 Å². The third kappa shape index (κ3) is 5.99. The Balaban J connectivity index is 1.57. The molecule has 0 radical (unpaired) electrons. The fraction of sp³-hybridized carbons (Fsp3) is 0.526. The third-order valence-electron chi connectivity index (χ3n) is 4.56. The van der Waals surface area contributed by atoms with Crippen LogP contribution in [-0.2, 0) is 29.3 Å². The number of nitrogens with zero attached hydrogens (tertiary/aromatic N) is 1. The van der Waals surface area contributed by atoms with Crippen molar-refractivity contribution in [3.8, 4) is 0 Å². The maximum Gasteiger partial charge on any atom is 0.211 e. The number of benzene rings is 1. The van der Waals surface area contributed by atoms with Crippen molar-refractivity contribution in [3.05, 3.63) is 50.4 Å². The van der Waals surface area contributed by atoms with Crippen molar-refractivity contribution in [1.82, 2.24) is 15.0 Å². The van der Waals surface area contributed by atoms with Crippen LogP contribution in [0.25, 0.3) is 0 Å². The number of rotatable bonds is 9. The fourth-order valence-electron chi connectivity index (χ4n) is 3.26. The second-order valence-electron chi connectivity index (χ2n) is 6.82. The lowest BCUT2D eigenvalue weighted by Crippen LogP contribution is -2.30. The standard InChI is InChI=1S/C19H26ClN3O2S2/c1-2-12-27(24,25)22-10-3-4-18-23-19-16(21-11-9-17(19)26-18)13-14-5-7-15(20)8-6-14/h5-8,16,21-22H,2-4,9-13H2,1H3. The molecule has 0 bridgehead atoms. The summed E-state index contributed by atoms with van der Waals surface area (Å²) in [6.45, 7) is 3.30.